The maximum Gasteiger partial charge on any atom is 0.273 e. The van der Waals surface area contributed by atoms with Gasteiger partial charge in [-0.1, -0.05) is 0 Å². The zero-order valence-corrected chi connectivity index (χ0v) is 9.65. The highest BCUT2D eigenvalue weighted by atomic mass is 16.3. The van der Waals surface area contributed by atoms with E-state index >= 15 is 0 Å². The fourth-order valence-electron chi connectivity index (χ4n) is 2.01. The van der Waals surface area contributed by atoms with Crippen LogP contribution in [-0.4, -0.2) is 35.6 Å². The molecule has 17 heavy (non-hydrogen) atoms. The van der Waals surface area contributed by atoms with Crippen LogP contribution in [0.1, 0.15) is 23.3 Å². The van der Waals surface area contributed by atoms with Gasteiger partial charge in [-0.05, 0) is 44.0 Å². The molecular formula is C12H17N3O2. The number of hydrogen-bond acceptors (Lipinski definition) is 4. The molecule has 5 nitrogen and oxygen atoms in total. The summed E-state index contributed by atoms with van der Waals surface area (Å²) in [7, 11) is 0. The van der Waals surface area contributed by atoms with E-state index in [1.165, 1.54) is 18.7 Å². The first kappa shape index (κ1) is 11.9. The number of amides is 1. The number of rotatable bonds is 4. The molecule has 1 aromatic heterocycles. The smallest absolute Gasteiger partial charge is 0.273 e. The molecule has 1 saturated heterocycles. The topological polar surface area (TPSA) is 74.2 Å². The molecule has 0 aliphatic carbocycles. The van der Waals surface area contributed by atoms with Crippen LogP contribution < -0.4 is 10.6 Å². The van der Waals surface area contributed by atoms with Crippen molar-refractivity contribution in [1.29, 1.82) is 0 Å². The Morgan fingerprint density at radius 2 is 2.53 bits per heavy atom. The summed E-state index contributed by atoms with van der Waals surface area (Å²) in [6.45, 7) is 2.73. The van der Waals surface area contributed by atoms with Gasteiger partial charge in [-0.15, -0.1) is 0 Å². The Bertz CT molecular complexity index is 389. The second kappa shape index (κ2) is 5.63. The van der Waals surface area contributed by atoms with Crippen LogP contribution in [-0.2, 0) is 0 Å². The molecule has 0 bridgehead atoms. The number of carbonyl (C=O) groups excluding carboxylic acids is 1. The molecule has 1 aliphatic heterocycles. The molecule has 0 saturated carbocycles. The highest BCUT2D eigenvalue weighted by Gasteiger charge is 2.15. The lowest BCUT2D eigenvalue weighted by atomic mass is 10.1. The molecule has 1 atom stereocenters. The SMILES string of the molecule is O=C(NCCC1CCNC1)c1ncccc1O. The van der Waals surface area contributed by atoms with Crippen molar-refractivity contribution < 1.29 is 9.90 Å². The first-order valence-corrected chi connectivity index (χ1v) is 5.90. The van der Waals surface area contributed by atoms with E-state index in [1.807, 2.05) is 0 Å². The molecule has 0 aromatic carbocycles. The van der Waals surface area contributed by atoms with Gasteiger partial charge in [-0.2, -0.15) is 0 Å². The van der Waals surface area contributed by atoms with Crippen LogP contribution in [0.15, 0.2) is 18.3 Å². The highest BCUT2D eigenvalue weighted by Crippen LogP contribution is 2.13. The average molecular weight is 235 g/mol. The minimum Gasteiger partial charge on any atom is -0.505 e. The van der Waals surface area contributed by atoms with Gasteiger partial charge in [-0.3, -0.25) is 4.79 Å². The number of hydrogen-bond donors (Lipinski definition) is 3. The van der Waals surface area contributed by atoms with E-state index in [-0.39, 0.29) is 17.4 Å². The summed E-state index contributed by atoms with van der Waals surface area (Å²) in [5.74, 6) is 0.259. The molecule has 5 heteroatoms. The number of pyridine rings is 1. The van der Waals surface area contributed by atoms with E-state index in [0.717, 1.165) is 19.5 Å². The second-order valence-corrected chi connectivity index (χ2v) is 4.27. The van der Waals surface area contributed by atoms with Crippen LogP contribution in [0.2, 0.25) is 0 Å². The average Bonchev–Trinajstić information content (AvgIpc) is 2.82. The molecule has 1 fully saturated rings. The van der Waals surface area contributed by atoms with E-state index in [4.69, 9.17) is 0 Å². The molecule has 0 spiro atoms. The van der Waals surface area contributed by atoms with E-state index < -0.39 is 0 Å². The standard InChI is InChI=1S/C12H17N3O2/c16-10-2-1-5-14-11(10)12(17)15-7-4-9-3-6-13-8-9/h1-2,5,9,13,16H,3-4,6-8H2,(H,15,17). The van der Waals surface area contributed by atoms with Gasteiger partial charge in [0.1, 0.15) is 5.75 Å². The Hall–Kier alpha value is -1.62. The number of aromatic hydroxyl groups is 1. The molecule has 1 unspecified atom stereocenters. The normalized spacial score (nSPS) is 19.2. The van der Waals surface area contributed by atoms with Crippen LogP contribution in [0.4, 0.5) is 0 Å². The summed E-state index contributed by atoms with van der Waals surface area (Å²) in [5, 5.41) is 15.5. The summed E-state index contributed by atoms with van der Waals surface area (Å²) in [4.78, 5) is 15.5. The minimum atomic E-state index is -0.311. The lowest BCUT2D eigenvalue weighted by Gasteiger charge is -2.09. The fraction of sp³-hybridized carbons (Fsp3) is 0.500. The largest absolute Gasteiger partial charge is 0.505 e. The van der Waals surface area contributed by atoms with E-state index in [1.54, 1.807) is 6.07 Å². The van der Waals surface area contributed by atoms with Gasteiger partial charge in [0.25, 0.3) is 5.91 Å². The van der Waals surface area contributed by atoms with Gasteiger partial charge in [0.05, 0.1) is 0 Å². The van der Waals surface area contributed by atoms with Gasteiger partial charge in [-0.25, -0.2) is 4.98 Å². The predicted octanol–water partition coefficient (Wildman–Crippen LogP) is 0.517. The fourth-order valence-corrected chi connectivity index (χ4v) is 2.01. The zero-order chi connectivity index (χ0) is 12.1. The Balaban J connectivity index is 1.79. The second-order valence-electron chi connectivity index (χ2n) is 4.27. The number of carbonyl (C=O) groups is 1. The van der Waals surface area contributed by atoms with Gasteiger partial charge < -0.3 is 15.7 Å². The van der Waals surface area contributed by atoms with Crippen LogP contribution in [0.5, 0.6) is 5.75 Å². The molecule has 2 rings (SSSR count). The highest BCUT2D eigenvalue weighted by molar-refractivity contribution is 5.94. The predicted molar refractivity (Wildman–Crippen MR) is 63.8 cm³/mol. The Morgan fingerprint density at radius 3 is 3.24 bits per heavy atom. The van der Waals surface area contributed by atoms with Gasteiger partial charge in [0, 0.05) is 12.7 Å². The number of nitrogens with zero attached hydrogens (tertiary/aromatic N) is 1. The lowest BCUT2D eigenvalue weighted by molar-refractivity contribution is 0.0943. The van der Waals surface area contributed by atoms with Crippen molar-refractivity contribution in [3.05, 3.63) is 24.0 Å². The van der Waals surface area contributed by atoms with Crippen molar-refractivity contribution in [2.24, 2.45) is 5.92 Å². The molecule has 92 valence electrons. The van der Waals surface area contributed by atoms with Crippen molar-refractivity contribution >= 4 is 5.91 Å². The van der Waals surface area contributed by atoms with E-state index in [2.05, 4.69) is 15.6 Å². The van der Waals surface area contributed by atoms with Gasteiger partial charge in [0.2, 0.25) is 0 Å². The van der Waals surface area contributed by atoms with E-state index in [0.29, 0.717) is 12.5 Å². The summed E-state index contributed by atoms with van der Waals surface area (Å²) >= 11 is 0. The van der Waals surface area contributed by atoms with Crippen molar-refractivity contribution in [2.45, 2.75) is 12.8 Å². The first-order chi connectivity index (χ1) is 8.27. The van der Waals surface area contributed by atoms with Crippen molar-refractivity contribution in [1.82, 2.24) is 15.6 Å². The molecule has 1 aliphatic rings. The summed E-state index contributed by atoms with van der Waals surface area (Å²) < 4.78 is 0. The maximum absolute atomic E-state index is 11.7. The van der Waals surface area contributed by atoms with E-state index in [9.17, 15) is 9.90 Å². The third-order valence-corrected chi connectivity index (χ3v) is 3.00. The van der Waals surface area contributed by atoms with Crippen LogP contribution in [0, 0.1) is 5.92 Å². The molecule has 1 amide bonds. The third-order valence-electron chi connectivity index (χ3n) is 3.00. The quantitative estimate of drug-likeness (QED) is 0.711. The molecule has 0 radical (unpaired) electrons. The van der Waals surface area contributed by atoms with Gasteiger partial charge >= 0.3 is 0 Å². The van der Waals surface area contributed by atoms with Crippen LogP contribution in [0.25, 0.3) is 0 Å². The van der Waals surface area contributed by atoms with Crippen LogP contribution in [0.3, 0.4) is 0 Å². The summed E-state index contributed by atoms with van der Waals surface area (Å²) in [5.41, 5.74) is 0.0945. The Labute approximate surface area is 100 Å². The van der Waals surface area contributed by atoms with Crippen LogP contribution >= 0.6 is 0 Å². The lowest BCUT2D eigenvalue weighted by Crippen LogP contribution is -2.27. The van der Waals surface area contributed by atoms with Crippen molar-refractivity contribution in [3.8, 4) is 5.75 Å². The zero-order valence-electron chi connectivity index (χ0n) is 9.65. The number of aromatic nitrogens is 1. The first-order valence-electron chi connectivity index (χ1n) is 5.90. The Kier molecular flexibility index (Phi) is 3.93. The van der Waals surface area contributed by atoms with Crippen molar-refractivity contribution in [2.75, 3.05) is 19.6 Å². The molecular weight excluding hydrogens is 218 g/mol. The van der Waals surface area contributed by atoms with Crippen molar-refractivity contribution in [3.63, 3.8) is 0 Å². The number of nitrogens with one attached hydrogen (secondary N) is 2. The maximum atomic E-state index is 11.7. The molecule has 3 N–H and O–H groups in total. The summed E-state index contributed by atoms with van der Waals surface area (Å²) in [6, 6.07) is 3.05. The Morgan fingerprint density at radius 1 is 1.65 bits per heavy atom. The monoisotopic (exact) mass is 235 g/mol. The summed E-state index contributed by atoms with van der Waals surface area (Å²) in [6.07, 6.45) is 3.63. The minimum absolute atomic E-state index is 0.0764. The third kappa shape index (κ3) is 3.17. The molecule has 1 aromatic rings. The molecule has 2 heterocycles. The van der Waals surface area contributed by atoms with Gasteiger partial charge in [0.15, 0.2) is 5.69 Å².